The maximum atomic E-state index is 14.5. The van der Waals surface area contributed by atoms with Gasteiger partial charge in [0, 0.05) is 23.6 Å². The van der Waals surface area contributed by atoms with Gasteiger partial charge in [-0.05, 0) is 40.5 Å². The highest BCUT2D eigenvalue weighted by atomic mass is 35.5. The number of aromatic nitrogens is 1. The lowest BCUT2D eigenvalue weighted by Crippen LogP contribution is -2.54. The SMILES string of the molecule is C[C@H]1[C@H](OCc2ccccc2)[C@@H](OCc2ccccc2)[C@H](c2ccc(Cl)c(Cc3ncc(-c4ccco4)s3)c2)O[C@@H]1C(F)F. The molecule has 0 N–H and O–H groups in total. The second-order valence-corrected chi connectivity index (χ2v) is 12.4. The van der Waals surface area contributed by atoms with E-state index in [0.717, 1.165) is 32.3 Å². The summed E-state index contributed by atoms with van der Waals surface area (Å²) < 4.78 is 53.6. The van der Waals surface area contributed by atoms with Crippen LogP contribution >= 0.6 is 22.9 Å². The Morgan fingerprint density at radius 2 is 1.57 bits per heavy atom. The fourth-order valence-corrected chi connectivity index (χ4v) is 6.64. The zero-order chi connectivity index (χ0) is 30.5. The molecule has 228 valence electrons. The van der Waals surface area contributed by atoms with Crippen LogP contribution in [0.25, 0.3) is 10.6 Å². The van der Waals surface area contributed by atoms with Crippen LogP contribution in [-0.4, -0.2) is 29.7 Å². The van der Waals surface area contributed by atoms with E-state index >= 15 is 0 Å². The number of benzene rings is 3. The maximum absolute atomic E-state index is 14.5. The highest BCUT2D eigenvalue weighted by Crippen LogP contribution is 2.42. The predicted octanol–water partition coefficient (Wildman–Crippen LogP) is 9.16. The van der Waals surface area contributed by atoms with E-state index in [9.17, 15) is 8.78 Å². The standard InChI is InChI=1S/C35H32ClF2NO4S/c1-22-31(41-20-23-9-4-2-5-10-23)34(42-21-24-11-6-3-7-12-24)33(43-32(22)35(37)38)25-14-15-27(36)26(17-25)18-30-39-19-29(44-30)28-13-8-16-40-28/h2-17,19,22,31-35H,18,20-21H2,1H3/t22-,31-,32-,33-,34+/m0/s1. The van der Waals surface area contributed by atoms with Crippen molar-refractivity contribution in [1.82, 2.24) is 4.98 Å². The van der Waals surface area contributed by atoms with Crippen LogP contribution in [0, 0.1) is 5.92 Å². The molecule has 0 bridgehead atoms. The first-order chi connectivity index (χ1) is 21.5. The van der Waals surface area contributed by atoms with E-state index < -0.39 is 36.8 Å². The Bertz CT molecular complexity index is 1620. The first kappa shape index (κ1) is 30.6. The summed E-state index contributed by atoms with van der Waals surface area (Å²) in [6.07, 6.45) is -2.33. The molecule has 1 fully saturated rings. The van der Waals surface area contributed by atoms with Gasteiger partial charge in [-0.2, -0.15) is 0 Å². The molecular weight excluding hydrogens is 604 g/mol. The minimum Gasteiger partial charge on any atom is -0.463 e. The number of thiazole rings is 1. The quantitative estimate of drug-likeness (QED) is 0.145. The average Bonchev–Trinajstić information content (AvgIpc) is 3.74. The number of halogens is 3. The molecule has 0 unspecified atom stereocenters. The lowest BCUT2D eigenvalue weighted by molar-refractivity contribution is -0.255. The molecule has 9 heteroatoms. The van der Waals surface area contributed by atoms with Crippen molar-refractivity contribution in [2.24, 2.45) is 5.92 Å². The second kappa shape index (κ2) is 14.1. The lowest BCUT2D eigenvalue weighted by atomic mass is 9.85. The molecule has 0 saturated carbocycles. The lowest BCUT2D eigenvalue weighted by Gasteiger charge is -2.45. The number of nitrogens with zero attached hydrogens (tertiary/aromatic N) is 1. The summed E-state index contributed by atoms with van der Waals surface area (Å²) in [7, 11) is 0. The largest absolute Gasteiger partial charge is 0.463 e. The smallest absolute Gasteiger partial charge is 0.264 e. The third-order valence-corrected chi connectivity index (χ3v) is 9.22. The topological polar surface area (TPSA) is 53.7 Å². The molecule has 1 saturated heterocycles. The summed E-state index contributed by atoms with van der Waals surface area (Å²) in [4.78, 5) is 5.48. The summed E-state index contributed by atoms with van der Waals surface area (Å²) in [6, 6.07) is 28.7. The van der Waals surface area contributed by atoms with Crippen LogP contribution in [0.15, 0.2) is 108 Å². The van der Waals surface area contributed by atoms with Gasteiger partial charge in [0.2, 0.25) is 0 Å². The Hall–Kier alpha value is -3.40. The molecule has 44 heavy (non-hydrogen) atoms. The fraction of sp³-hybridized carbons (Fsp3) is 0.286. The molecular formula is C35H32ClF2NO4S. The molecule has 0 spiro atoms. The molecule has 5 atom stereocenters. The van der Waals surface area contributed by atoms with Gasteiger partial charge in [-0.1, -0.05) is 91.3 Å². The van der Waals surface area contributed by atoms with Crippen LogP contribution in [0.4, 0.5) is 8.78 Å². The zero-order valence-corrected chi connectivity index (χ0v) is 25.6. The van der Waals surface area contributed by atoms with E-state index in [4.69, 9.17) is 30.2 Å². The van der Waals surface area contributed by atoms with Gasteiger partial charge in [-0.25, -0.2) is 13.8 Å². The van der Waals surface area contributed by atoms with Crippen molar-refractivity contribution < 1.29 is 27.4 Å². The number of alkyl halides is 2. The van der Waals surface area contributed by atoms with Crippen LogP contribution in [0.3, 0.4) is 0 Å². The van der Waals surface area contributed by atoms with Crippen molar-refractivity contribution in [3.8, 4) is 10.6 Å². The van der Waals surface area contributed by atoms with Gasteiger partial charge in [-0.3, -0.25) is 0 Å². The van der Waals surface area contributed by atoms with Crippen LogP contribution < -0.4 is 0 Å². The molecule has 6 rings (SSSR count). The van der Waals surface area contributed by atoms with Gasteiger partial charge < -0.3 is 18.6 Å². The Labute approximate surface area is 264 Å². The number of ether oxygens (including phenoxy) is 3. The van der Waals surface area contributed by atoms with Gasteiger partial charge in [0.1, 0.15) is 24.1 Å². The van der Waals surface area contributed by atoms with Gasteiger partial charge in [0.25, 0.3) is 6.43 Å². The summed E-state index contributed by atoms with van der Waals surface area (Å²) in [5, 5.41) is 1.40. The van der Waals surface area contributed by atoms with Crippen molar-refractivity contribution in [3.05, 3.63) is 136 Å². The Morgan fingerprint density at radius 1 is 0.886 bits per heavy atom. The van der Waals surface area contributed by atoms with Crippen LogP contribution in [0.2, 0.25) is 5.02 Å². The normalized spacial score (nSPS) is 22.0. The fourth-order valence-electron chi connectivity index (χ4n) is 5.54. The van der Waals surface area contributed by atoms with Gasteiger partial charge in [-0.15, -0.1) is 11.3 Å². The summed E-state index contributed by atoms with van der Waals surface area (Å²) in [5.41, 5.74) is 3.41. The first-order valence-corrected chi connectivity index (χ1v) is 15.7. The third kappa shape index (κ3) is 7.11. The molecule has 1 aliphatic rings. The number of hydrogen-bond donors (Lipinski definition) is 0. The van der Waals surface area contributed by atoms with E-state index in [2.05, 4.69) is 4.98 Å². The summed E-state index contributed by atoms with van der Waals surface area (Å²) in [5.74, 6) is 0.120. The van der Waals surface area contributed by atoms with Crippen molar-refractivity contribution in [2.75, 3.05) is 0 Å². The molecule has 2 aromatic heterocycles. The number of furan rings is 1. The molecule has 3 aromatic carbocycles. The van der Waals surface area contributed by atoms with Crippen LogP contribution in [0.1, 0.15) is 40.3 Å². The molecule has 1 aliphatic heterocycles. The van der Waals surface area contributed by atoms with Gasteiger partial charge in [0.05, 0.1) is 35.5 Å². The molecule has 5 nitrogen and oxygen atoms in total. The number of rotatable bonds is 11. The highest BCUT2D eigenvalue weighted by Gasteiger charge is 2.49. The Balaban J connectivity index is 1.31. The summed E-state index contributed by atoms with van der Waals surface area (Å²) >= 11 is 8.17. The van der Waals surface area contributed by atoms with Gasteiger partial charge in [0.15, 0.2) is 0 Å². The van der Waals surface area contributed by atoms with Crippen molar-refractivity contribution in [2.45, 2.75) is 57.4 Å². The Kier molecular flexibility index (Phi) is 9.84. The minimum absolute atomic E-state index is 0.262. The minimum atomic E-state index is -2.70. The zero-order valence-electron chi connectivity index (χ0n) is 24.0. The van der Waals surface area contributed by atoms with E-state index in [1.54, 1.807) is 25.5 Å². The molecule has 0 radical (unpaired) electrons. The third-order valence-electron chi connectivity index (χ3n) is 7.84. The first-order valence-electron chi connectivity index (χ1n) is 14.5. The second-order valence-electron chi connectivity index (χ2n) is 10.9. The highest BCUT2D eigenvalue weighted by molar-refractivity contribution is 7.15. The van der Waals surface area contributed by atoms with Crippen LogP contribution in [-0.2, 0) is 33.8 Å². The summed E-state index contributed by atoms with van der Waals surface area (Å²) in [6.45, 7) is 2.28. The molecule has 5 aromatic rings. The van der Waals surface area contributed by atoms with Crippen molar-refractivity contribution in [3.63, 3.8) is 0 Å². The van der Waals surface area contributed by atoms with E-state index in [1.807, 2.05) is 84.9 Å². The molecule has 0 amide bonds. The number of hydrogen-bond acceptors (Lipinski definition) is 6. The van der Waals surface area contributed by atoms with Crippen LogP contribution in [0.5, 0.6) is 0 Å². The van der Waals surface area contributed by atoms with E-state index in [0.29, 0.717) is 17.0 Å². The monoisotopic (exact) mass is 635 g/mol. The molecule has 0 aliphatic carbocycles. The van der Waals surface area contributed by atoms with Crippen molar-refractivity contribution >= 4 is 22.9 Å². The Morgan fingerprint density at radius 3 is 2.20 bits per heavy atom. The van der Waals surface area contributed by atoms with Crippen molar-refractivity contribution in [1.29, 1.82) is 0 Å². The molecule has 3 heterocycles. The predicted molar refractivity (Wildman–Crippen MR) is 167 cm³/mol. The van der Waals surface area contributed by atoms with Gasteiger partial charge >= 0.3 is 0 Å². The van der Waals surface area contributed by atoms with E-state index in [1.165, 1.54) is 11.3 Å². The average molecular weight is 636 g/mol. The maximum Gasteiger partial charge on any atom is 0.264 e. The van der Waals surface area contributed by atoms with E-state index in [-0.39, 0.29) is 13.2 Å².